The van der Waals surface area contributed by atoms with Gasteiger partial charge in [-0.2, -0.15) is 0 Å². The van der Waals surface area contributed by atoms with Gasteiger partial charge in [0, 0.05) is 18.7 Å². The molecule has 1 heterocycles. The van der Waals surface area contributed by atoms with Crippen molar-refractivity contribution in [2.45, 2.75) is 6.61 Å². The number of nitrogens with one attached hydrogen (secondary N) is 1. The zero-order chi connectivity index (χ0) is 20.3. The second kappa shape index (κ2) is 8.05. The number of likely N-dealkylation sites (N-methyl/N-ethyl adjacent to an activating group) is 1. The summed E-state index contributed by atoms with van der Waals surface area (Å²) in [7, 11) is 3.12. The number of carbonyl (C=O) groups excluding carboxylic acids is 1. The first-order valence-corrected chi connectivity index (χ1v) is 8.65. The normalized spacial score (nSPS) is 14.9. The van der Waals surface area contributed by atoms with E-state index in [2.05, 4.69) is 5.32 Å². The lowest BCUT2D eigenvalue weighted by molar-refractivity contribution is -0.385. The molecule has 1 saturated heterocycles. The minimum atomic E-state index is -0.496. The Balaban J connectivity index is 1.86. The molecule has 8 nitrogen and oxygen atoms in total. The number of amides is 1. The van der Waals surface area contributed by atoms with Gasteiger partial charge in [-0.05, 0) is 42.1 Å². The number of carbonyl (C=O) groups is 1. The van der Waals surface area contributed by atoms with Gasteiger partial charge in [0.15, 0.2) is 10.9 Å². The van der Waals surface area contributed by atoms with Crippen LogP contribution in [0.15, 0.2) is 48.2 Å². The smallest absolute Gasteiger partial charge is 0.310 e. The lowest BCUT2D eigenvalue weighted by atomic mass is 10.1. The molecule has 144 valence electrons. The lowest BCUT2D eigenvalue weighted by Gasteiger charge is -2.11. The van der Waals surface area contributed by atoms with Crippen LogP contribution in [0.2, 0.25) is 0 Å². The van der Waals surface area contributed by atoms with E-state index in [1.807, 2.05) is 0 Å². The van der Waals surface area contributed by atoms with Crippen molar-refractivity contribution < 1.29 is 19.2 Å². The average Bonchev–Trinajstić information content (AvgIpc) is 2.93. The van der Waals surface area contributed by atoms with E-state index < -0.39 is 4.92 Å². The Labute approximate surface area is 166 Å². The van der Waals surface area contributed by atoms with Crippen LogP contribution in [0.25, 0.3) is 6.08 Å². The van der Waals surface area contributed by atoms with Crippen molar-refractivity contribution in [3.8, 4) is 11.5 Å². The average molecular weight is 399 g/mol. The minimum Gasteiger partial charge on any atom is -0.496 e. The van der Waals surface area contributed by atoms with Crippen molar-refractivity contribution in [1.29, 1.82) is 0 Å². The first-order valence-electron chi connectivity index (χ1n) is 8.24. The van der Waals surface area contributed by atoms with Crippen LogP contribution in [0, 0.1) is 10.1 Å². The van der Waals surface area contributed by atoms with Gasteiger partial charge in [0.05, 0.1) is 12.0 Å². The third-order valence-corrected chi connectivity index (χ3v) is 4.52. The van der Waals surface area contributed by atoms with Crippen LogP contribution >= 0.6 is 12.2 Å². The SMILES string of the molecule is COc1ccc(/C=C2/NC(=S)N(C)C2=O)cc1COc1ccccc1[N+](=O)[O-]. The van der Waals surface area contributed by atoms with E-state index in [0.29, 0.717) is 22.1 Å². The summed E-state index contributed by atoms with van der Waals surface area (Å²) in [5, 5.41) is 14.3. The number of nitro groups is 1. The minimum absolute atomic E-state index is 0.0602. The van der Waals surface area contributed by atoms with Crippen LogP contribution in [0.3, 0.4) is 0 Å². The summed E-state index contributed by atoms with van der Waals surface area (Å²) in [6, 6.07) is 11.5. The second-order valence-corrected chi connectivity index (χ2v) is 6.32. The van der Waals surface area contributed by atoms with Gasteiger partial charge in [0.25, 0.3) is 5.91 Å². The fourth-order valence-corrected chi connectivity index (χ4v) is 2.87. The third-order valence-electron chi connectivity index (χ3n) is 4.14. The molecular formula is C19H17N3O5S. The largest absolute Gasteiger partial charge is 0.496 e. The van der Waals surface area contributed by atoms with Gasteiger partial charge in [-0.15, -0.1) is 0 Å². The van der Waals surface area contributed by atoms with Crippen LogP contribution in [0.4, 0.5) is 5.69 Å². The molecule has 1 amide bonds. The van der Waals surface area contributed by atoms with Crippen LogP contribution < -0.4 is 14.8 Å². The second-order valence-electron chi connectivity index (χ2n) is 5.94. The molecule has 0 spiro atoms. The Morgan fingerprint density at radius 2 is 2.00 bits per heavy atom. The Morgan fingerprint density at radius 3 is 2.64 bits per heavy atom. The monoisotopic (exact) mass is 399 g/mol. The number of hydrogen-bond donors (Lipinski definition) is 1. The summed E-state index contributed by atoms with van der Waals surface area (Å²) in [5.41, 5.74) is 1.66. The van der Waals surface area contributed by atoms with E-state index >= 15 is 0 Å². The number of rotatable bonds is 6. The fourth-order valence-electron chi connectivity index (χ4n) is 2.68. The van der Waals surface area contributed by atoms with Gasteiger partial charge in [0.2, 0.25) is 0 Å². The number of hydrogen-bond acceptors (Lipinski definition) is 6. The van der Waals surface area contributed by atoms with E-state index in [1.54, 1.807) is 43.5 Å². The molecule has 1 aliphatic rings. The Hall–Kier alpha value is -3.46. The van der Waals surface area contributed by atoms with Crippen LogP contribution in [0.5, 0.6) is 11.5 Å². The molecule has 2 aromatic rings. The van der Waals surface area contributed by atoms with Crippen LogP contribution in [-0.4, -0.2) is 35.0 Å². The van der Waals surface area contributed by atoms with Gasteiger partial charge in [0.1, 0.15) is 18.1 Å². The summed E-state index contributed by atoms with van der Waals surface area (Å²) >= 11 is 5.06. The summed E-state index contributed by atoms with van der Waals surface area (Å²) in [6.07, 6.45) is 1.67. The van der Waals surface area contributed by atoms with Crippen molar-refractivity contribution in [3.63, 3.8) is 0 Å². The summed E-state index contributed by atoms with van der Waals surface area (Å²) in [4.78, 5) is 24.1. The predicted molar refractivity (Wildman–Crippen MR) is 107 cm³/mol. The molecule has 0 atom stereocenters. The number of thiocarbonyl (C=S) groups is 1. The number of para-hydroxylation sites is 2. The molecule has 0 saturated carbocycles. The van der Waals surface area contributed by atoms with Gasteiger partial charge >= 0.3 is 5.69 Å². The van der Waals surface area contributed by atoms with Crippen LogP contribution in [0.1, 0.15) is 11.1 Å². The highest BCUT2D eigenvalue weighted by atomic mass is 32.1. The highest BCUT2D eigenvalue weighted by Crippen LogP contribution is 2.29. The van der Waals surface area contributed by atoms with Crippen molar-refractivity contribution in [2.75, 3.05) is 14.2 Å². The summed E-state index contributed by atoms with van der Waals surface area (Å²) in [5.74, 6) is 0.510. The van der Waals surface area contributed by atoms with Gasteiger partial charge in [-0.25, -0.2) is 0 Å². The molecule has 0 radical (unpaired) electrons. The molecule has 0 aliphatic carbocycles. The van der Waals surface area contributed by atoms with Crippen molar-refractivity contribution >= 4 is 35.0 Å². The van der Waals surface area contributed by atoms with E-state index in [0.717, 1.165) is 5.56 Å². The number of ether oxygens (including phenoxy) is 2. The highest BCUT2D eigenvalue weighted by molar-refractivity contribution is 7.80. The topological polar surface area (TPSA) is 93.9 Å². The number of methoxy groups -OCH3 is 1. The molecule has 1 fully saturated rings. The standard InChI is InChI=1S/C19H17N3O5S/c1-21-18(23)14(20-19(21)28)10-12-7-8-16(26-2)13(9-12)11-27-17-6-4-3-5-15(17)22(24)25/h3-10H,11H2,1-2H3,(H,20,28)/b14-10+. The van der Waals surface area contributed by atoms with E-state index in [9.17, 15) is 14.9 Å². The molecule has 0 unspecified atom stereocenters. The molecule has 3 rings (SSSR count). The maximum Gasteiger partial charge on any atom is 0.310 e. The molecular weight excluding hydrogens is 382 g/mol. The Kier molecular flexibility index (Phi) is 5.55. The molecule has 1 aliphatic heterocycles. The highest BCUT2D eigenvalue weighted by Gasteiger charge is 2.27. The molecule has 2 aromatic carbocycles. The predicted octanol–water partition coefficient (Wildman–Crippen LogP) is 2.87. The first-order chi connectivity index (χ1) is 13.4. The Bertz CT molecular complexity index is 989. The molecule has 1 N–H and O–H groups in total. The molecule has 28 heavy (non-hydrogen) atoms. The lowest BCUT2D eigenvalue weighted by Crippen LogP contribution is -2.25. The fraction of sp³-hybridized carbons (Fsp3) is 0.158. The quantitative estimate of drug-likeness (QED) is 0.345. The van der Waals surface area contributed by atoms with Crippen LogP contribution in [-0.2, 0) is 11.4 Å². The Morgan fingerprint density at radius 1 is 1.25 bits per heavy atom. The molecule has 0 bridgehead atoms. The first kappa shape index (κ1) is 19.3. The summed E-state index contributed by atoms with van der Waals surface area (Å²) in [6.45, 7) is 0.0602. The van der Waals surface area contributed by atoms with Gasteiger partial charge in [-0.3, -0.25) is 19.8 Å². The maximum absolute atomic E-state index is 12.1. The summed E-state index contributed by atoms with van der Waals surface area (Å²) < 4.78 is 11.0. The third kappa shape index (κ3) is 3.94. The maximum atomic E-state index is 12.1. The number of nitrogens with zero attached hydrogens (tertiary/aromatic N) is 2. The number of nitro benzene ring substituents is 1. The van der Waals surface area contributed by atoms with Gasteiger partial charge in [-0.1, -0.05) is 18.2 Å². The van der Waals surface area contributed by atoms with Crippen molar-refractivity contribution in [3.05, 3.63) is 69.4 Å². The van der Waals surface area contributed by atoms with Crippen molar-refractivity contribution in [1.82, 2.24) is 10.2 Å². The van der Waals surface area contributed by atoms with E-state index in [1.165, 1.54) is 24.1 Å². The van der Waals surface area contributed by atoms with E-state index in [4.69, 9.17) is 21.7 Å². The molecule has 0 aromatic heterocycles. The molecule has 9 heteroatoms. The zero-order valence-corrected chi connectivity index (χ0v) is 16.0. The van der Waals surface area contributed by atoms with Gasteiger partial charge < -0.3 is 14.8 Å². The number of benzene rings is 2. The van der Waals surface area contributed by atoms with E-state index in [-0.39, 0.29) is 24.0 Å². The van der Waals surface area contributed by atoms with Crippen molar-refractivity contribution in [2.24, 2.45) is 0 Å². The zero-order valence-electron chi connectivity index (χ0n) is 15.2.